The Labute approximate surface area is 158 Å². The van der Waals surface area contributed by atoms with Crippen molar-refractivity contribution in [3.8, 4) is 11.1 Å². The number of carbonyl (C=O) groups excluding carboxylic acids is 2. The molecule has 1 atom stereocenters. The maximum atomic E-state index is 13.2. The van der Waals surface area contributed by atoms with E-state index in [-0.39, 0.29) is 5.78 Å². The van der Waals surface area contributed by atoms with E-state index in [4.69, 9.17) is 16.3 Å². The lowest BCUT2D eigenvalue weighted by atomic mass is 9.77. The van der Waals surface area contributed by atoms with Gasteiger partial charge in [-0.05, 0) is 73.1 Å². The lowest BCUT2D eigenvalue weighted by molar-refractivity contribution is -0.154. The first-order valence-electron chi connectivity index (χ1n) is 9.14. The maximum Gasteiger partial charge on any atom is 0.322 e. The number of rotatable bonds is 2. The van der Waals surface area contributed by atoms with Gasteiger partial charge in [0.1, 0.15) is 5.92 Å². The van der Waals surface area contributed by atoms with E-state index in [1.165, 1.54) is 0 Å². The predicted molar refractivity (Wildman–Crippen MR) is 101 cm³/mol. The van der Waals surface area contributed by atoms with Gasteiger partial charge in [0.05, 0.1) is 0 Å². The molecule has 1 heterocycles. The number of halogens is 1. The fourth-order valence-electron chi connectivity index (χ4n) is 4.18. The van der Waals surface area contributed by atoms with Crippen LogP contribution >= 0.6 is 11.6 Å². The zero-order valence-electron chi connectivity index (χ0n) is 14.8. The normalized spacial score (nSPS) is 21.8. The number of carbonyl (C=O) groups is 2. The van der Waals surface area contributed by atoms with Crippen LogP contribution in [0.15, 0.2) is 42.5 Å². The van der Waals surface area contributed by atoms with Gasteiger partial charge in [0.2, 0.25) is 0 Å². The quantitative estimate of drug-likeness (QED) is 0.538. The molecule has 0 amide bonds. The highest BCUT2D eigenvalue weighted by atomic mass is 35.5. The molecule has 1 saturated heterocycles. The van der Waals surface area contributed by atoms with E-state index in [0.29, 0.717) is 17.9 Å². The van der Waals surface area contributed by atoms with Gasteiger partial charge in [-0.1, -0.05) is 42.3 Å². The standard InChI is InChI=1S/C22H21ClO3/c1-14-5-6-16(15-7-9-17(23)10-8-15)13-18(14)19-20(24)22(26-21(19)25)11-3-2-4-12-22/h5-10,13,19H,2-4,11-12H2,1H3. The summed E-state index contributed by atoms with van der Waals surface area (Å²) in [6.07, 6.45) is 4.29. The number of aryl methyl sites for hydroxylation is 1. The van der Waals surface area contributed by atoms with Crippen LogP contribution in [0.1, 0.15) is 49.1 Å². The average Bonchev–Trinajstić information content (AvgIpc) is 2.87. The van der Waals surface area contributed by atoms with Crippen LogP contribution in [-0.4, -0.2) is 17.4 Å². The SMILES string of the molecule is Cc1ccc(-c2ccc(Cl)cc2)cc1C1C(=O)OC2(CCCCC2)C1=O. The van der Waals surface area contributed by atoms with Crippen molar-refractivity contribution in [1.29, 1.82) is 0 Å². The van der Waals surface area contributed by atoms with Crippen molar-refractivity contribution in [3.63, 3.8) is 0 Å². The second kappa shape index (κ2) is 6.55. The first kappa shape index (κ1) is 17.3. The van der Waals surface area contributed by atoms with Crippen LogP contribution in [0.4, 0.5) is 0 Å². The molecule has 1 saturated carbocycles. The Kier molecular flexibility index (Phi) is 4.36. The highest BCUT2D eigenvalue weighted by Crippen LogP contribution is 2.44. The molecule has 1 aliphatic carbocycles. The Balaban J connectivity index is 1.73. The third kappa shape index (κ3) is 2.84. The van der Waals surface area contributed by atoms with Crippen LogP contribution in [-0.2, 0) is 14.3 Å². The molecule has 2 fully saturated rings. The summed E-state index contributed by atoms with van der Waals surface area (Å²) in [6.45, 7) is 1.94. The number of hydrogen-bond acceptors (Lipinski definition) is 3. The van der Waals surface area contributed by atoms with E-state index in [1.54, 1.807) is 0 Å². The van der Waals surface area contributed by atoms with Crippen LogP contribution in [0.25, 0.3) is 11.1 Å². The average molecular weight is 369 g/mol. The van der Waals surface area contributed by atoms with E-state index < -0.39 is 17.5 Å². The number of Topliss-reactive ketones (excluding diaryl/α,β-unsaturated/α-hetero) is 1. The lowest BCUT2D eigenvalue weighted by Gasteiger charge is -2.29. The predicted octanol–water partition coefficient (Wildman–Crippen LogP) is 5.23. The van der Waals surface area contributed by atoms with Gasteiger partial charge in [0, 0.05) is 5.02 Å². The van der Waals surface area contributed by atoms with Crippen LogP contribution in [0, 0.1) is 6.92 Å². The summed E-state index contributed by atoms with van der Waals surface area (Å²) >= 11 is 5.97. The number of hydrogen-bond donors (Lipinski definition) is 0. The Morgan fingerprint density at radius 2 is 1.62 bits per heavy atom. The second-order valence-electron chi connectivity index (χ2n) is 7.35. The Morgan fingerprint density at radius 3 is 2.31 bits per heavy atom. The fraction of sp³-hybridized carbons (Fsp3) is 0.364. The van der Waals surface area contributed by atoms with Crippen molar-refractivity contribution >= 4 is 23.4 Å². The molecule has 134 valence electrons. The topological polar surface area (TPSA) is 43.4 Å². The number of esters is 1. The van der Waals surface area contributed by atoms with Crippen molar-refractivity contribution in [3.05, 3.63) is 58.6 Å². The molecule has 2 aromatic carbocycles. The number of ether oxygens (including phenoxy) is 1. The first-order chi connectivity index (χ1) is 12.5. The monoisotopic (exact) mass is 368 g/mol. The Bertz CT molecular complexity index is 863. The minimum absolute atomic E-state index is 0.0569. The van der Waals surface area contributed by atoms with E-state index in [2.05, 4.69) is 0 Å². The molecule has 2 aliphatic rings. The molecule has 1 spiro atoms. The second-order valence-corrected chi connectivity index (χ2v) is 7.79. The maximum absolute atomic E-state index is 13.2. The summed E-state index contributed by atoms with van der Waals surface area (Å²) in [6, 6.07) is 13.5. The summed E-state index contributed by atoms with van der Waals surface area (Å²) in [5.74, 6) is -1.26. The molecule has 1 unspecified atom stereocenters. The molecular formula is C22H21ClO3. The molecule has 4 heteroatoms. The van der Waals surface area contributed by atoms with Gasteiger partial charge in [0.25, 0.3) is 0 Å². The molecule has 26 heavy (non-hydrogen) atoms. The summed E-state index contributed by atoms with van der Waals surface area (Å²) in [4.78, 5) is 25.8. The molecule has 1 aliphatic heterocycles. The summed E-state index contributed by atoms with van der Waals surface area (Å²) in [7, 11) is 0. The molecule has 0 N–H and O–H groups in total. The van der Waals surface area contributed by atoms with E-state index >= 15 is 0 Å². The van der Waals surface area contributed by atoms with Crippen LogP contribution in [0.5, 0.6) is 0 Å². The van der Waals surface area contributed by atoms with Crippen molar-refractivity contribution in [2.75, 3.05) is 0 Å². The lowest BCUT2D eigenvalue weighted by Crippen LogP contribution is -2.39. The van der Waals surface area contributed by atoms with Gasteiger partial charge in [-0.2, -0.15) is 0 Å². The zero-order chi connectivity index (χ0) is 18.3. The summed E-state index contributed by atoms with van der Waals surface area (Å²) in [5.41, 5.74) is 2.78. The van der Waals surface area contributed by atoms with Gasteiger partial charge in [-0.3, -0.25) is 9.59 Å². The smallest absolute Gasteiger partial charge is 0.322 e. The van der Waals surface area contributed by atoms with Crippen molar-refractivity contribution in [1.82, 2.24) is 0 Å². The molecule has 4 rings (SSSR count). The summed E-state index contributed by atoms with van der Waals surface area (Å²) in [5, 5.41) is 0.676. The van der Waals surface area contributed by atoms with Crippen LogP contribution in [0.2, 0.25) is 5.02 Å². The Hall–Kier alpha value is -2.13. The minimum atomic E-state index is -0.886. The van der Waals surface area contributed by atoms with Crippen LogP contribution < -0.4 is 0 Å². The van der Waals surface area contributed by atoms with Crippen molar-refractivity contribution in [2.24, 2.45) is 0 Å². The third-order valence-electron chi connectivity index (χ3n) is 5.67. The largest absolute Gasteiger partial charge is 0.450 e. The molecule has 3 nitrogen and oxygen atoms in total. The number of benzene rings is 2. The van der Waals surface area contributed by atoms with Gasteiger partial charge < -0.3 is 4.74 Å². The third-order valence-corrected chi connectivity index (χ3v) is 5.92. The Morgan fingerprint density at radius 1 is 0.962 bits per heavy atom. The van der Waals surface area contributed by atoms with Gasteiger partial charge in [-0.25, -0.2) is 0 Å². The highest BCUT2D eigenvalue weighted by Gasteiger charge is 2.55. The van der Waals surface area contributed by atoms with Crippen LogP contribution in [0.3, 0.4) is 0 Å². The molecule has 0 bridgehead atoms. The van der Waals surface area contributed by atoms with Crippen molar-refractivity contribution < 1.29 is 14.3 Å². The fourth-order valence-corrected chi connectivity index (χ4v) is 4.31. The zero-order valence-corrected chi connectivity index (χ0v) is 15.5. The van der Waals surface area contributed by atoms with E-state index in [9.17, 15) is 9.59 Å². The van der Waals surface area contributed by atoms with Gasteiger partial charge in [0.15, 0.2) is 11.4 Å². The van der Waals surface area contributed by atoms with Crippen molar-refractivity contribution in [2.45, 2.75) is 50.5 Å². The highest BCUT2D eigenvalue weighted by molar-refractivity contribution is 6.30. The van der Waals surface area contributed by atoms with E-state index in [0.717, 1.165) is 41.5 Å². The molecular weight excluding hydrogens is 348 g/mol. The minimum Gasteiger partial charge on any atom is -0.450 e. The number of ketones is 1. The molecule has 0 radical (unpaired) electrons. The van der Waals surface area contributed by atoms with Gasteiger partial charge >= 0.3 is 5.97 Å². The first-order valence-corrected chi connectivity index (χ1v) is 9.52. The molecule has 0 aromatic heterocycles. The molecule has 2 aromatic rings. The van der Waals surface area contributed by atoms with E-state index in [1.807, 2.05) is 49.4 Å². The summed E-state index contributed by atoms with van der Waals surface area (Å²) < 4.78 is 5.68. The van der Waals surface area contributed by atoms with Gasteiger partial charge in [-0.15, -0.1) is 0 Å².